The summed E-state index contributed by atoms with van der Waals surface area (Å²) in [7, 11) is 3.31. The van der Waals surface area contributed by atoms with Gasteiger partial charge in [0.15, 0.2) is 0 Å². The molecule has 0 aliphatic carbocycles. The third-order valence-corrected chi connectivity index (χ3v) is 3.23. The van der Waals surface area contributed by atoms with Gasteiger partial charge < -0.3 is 14.6 Å². The van der Waals surface area contributed by atoms with Crippen LogP contribution in [0.25, 0.3) is 10.8 Å². The normalized spacial score (nSPS) is 12.4. The highest BCUT2D eigenvalue weighted by Gasteiger charge is 2.15. The Morgan fingerprint density at radius 2 is 1.83 bits per heavy atom. The van der Waals surface area contributed by atoms with Gasteiger partial charge in [0.1, 0.15) is 11.5 Å². The highest BCUT2D eigenvalue weighted by molar-refractivity contribution is 5.94. The summed E-state index contributed by atoms with van der Waals surface area (Å²) in [5.41, 5.74) is 1.01. The first-order valence-electron chi connectivity index (χ1n) is 5.97. The van der Waals surface area contributed by atoms with E-state index in [0.29, 0.717) is 0 Å². The van der Waals surface area contributed by atoms with Gasteiger partial charge in [0, 0.05) is 23.3 Å². The lowest BCUT2D eigenvalue weighted by Crippen LogP contribution is -2.02. The molecule has 3 nitrogen and oxygen atoms in total. The first-order chi connectivity index (χ1) is 8.72. The Hall–Kier alpha value is -1.74. The van der Waals surface area contributed by atoms with Gasteiger partial charge in [0.25, 0.3) is 0 Å². The largest absolute Gasteiger partial charge is 0.496 e. The van der Waals surface area contributed by atoms with Crippen molar-refractivity contribution in [3.63, 3.8) is 0 Å². The number of hydrogen-bond acceptors (Lipinski definition) is 3. The van der Waals surface area contributed by atoms with E-state index in [9.17, 15) is 5.11 Å². The minimum absolute atomic E-state index is 0.0514. The standard InChI is InChI=1S/C15H18O3/c1-10(9-16)11-7-8-12-13(15(11)18-3)5-4-6-14(12)17-2/h4-8,10,16H,9H2,1-3H3. The molecule has 0 heterocycles. The smallest absolute Gasteiger partial charge is 0.130 e. The van der Waals surface area contributed by atoms with Crippen LogP contribution in [0, 0.1) is 0 Å². The molecule has 0 saturated carbocycles. The van der Waals surface area contributed by atoms with E-state index in [0.717, 1.165) is 27.8 Å². The van der Waals surface area contributed by atoms with Crippen molar-refractivity contribution in [3.05, 3.63) is 35.9 Å². The van der Waals surface area contributed by atoms with Crippen LogP contribution in [0.3, 0.4) is 0 Å². The van der Waals surface area contributed by atoms with E-state index in [2.05, 4.69) is 0 Å². The van der Waals surface area contributed by atoms with Crippen LogP contribution in [0.5, 0.6) is 11.5 Å². The predicted octanol–water partition coefficient (Wildman–Crippen LogP) is 2.95. The Kier molecular flexibility index (Phi) is 3.72. The van der Waals surface area contributed by atoms with Crippen LogP contribution < -0.4 is 9.47 Å². The van der Waals surface area contributed by atoms with Gasteiger partial charge in [-0.1, -0.05) is 31.2 Å². The second kappa shape index (κ2) is 5.27. The molecule has 0 bridgehead atoms. The van der Waals surface area contributed by atoms with Crippen LogP contribution in [-0.4, -0.2) is 25.9 Å². The van der Waals surface area contributed by atoms with Crippen LogP contribution in [-0.2, 0) is 0 Å². The predicted molar refractivity (Wildman–Crippen MR) is 72.6 cm³/mol. The fourth-order valence-electron chi connectivity index (χ4n) is 2.21. The lowest BCUT2D eigenvalue weighted by atomic mass is 9.96. The first kappa shape index (κ1) is 12.7. The fraction of sp³-hybridized carbons (Fsp3) is 0.333. The van der Waals surface area contributed by atoms with E-state index < -0.39 is 0 Å². The maximum Gasteiger partial charge on any atom is 0.130 e. The zero-order valence-electron chi connectivity index (χ0n) is 10.9. The molecule has 1 N–H and O–H groups in total. The van der Waals surface area contributed by atoms with Gasteiger partial charge in [-0.2, -0.15) is 0 Å². The summed E-state index contributed by atoms with van der Waals surface area (Å²) in [5, 5.41) is 11.3. The summed E-state index contributed by atoms with van der Waals surface area (Å²) in [6.45, 7) is 2.08. The van der Waals surface area contributed by atoms with Gasteiger partial charge in [0.05, 0.1) is 14.2 Å². The fourth-order valence-corrected chi connectivity index (χ4v) is 2.21. The first-order valence-corrected chi connectivity index (χ1v) is 5.97. The number of aliphatic hydroxyl groups is 1. The molecule has 0 radical (unpaired) electrons. The number of benzene rings is 2. The van der Waals surface area contributed by atoms with Crippen molar-refractivity contribution in [1.29, 1.82) is 0 Å². The SMILES string of the molecule is COc1cccc2c(OC)c(C(C)CO)ccc12. The number of rotatable bonds is 4. The monoisotopic (exact) mass is 246 g/mol. The van der Waals surface area contributed by atoms with Crippen molar-refractivity contribution >= 4 is 10.8 Å². The molecule has 0 fully saturated rings. The van der Waals surface area contributed by atoms with Gasteiger partial charge in [-0.05, 0) is 11.6 Å². The zero-order chi connectivity index (χ0) is 13.1. The van der Waals surface area contributed by atoms with Gasteiger partial charge in [-0.25, -0.2) is 0 Å². The summed E-state index contributed by atoms with van der Waals surface area (Å²) in [5.74, 6) is 1.69. The van der Waals surface area contributed by atoms with E-state index in [4.69, 9.17) is 9.47 Å². The maximum absolute atomic E-state index is 9.30. The Morgan fingerprint density at radius 1 is 1.06 bits per heavy atom. The summed E-state index contributed by atoms with van der Waals surface area (Å²) in [4.78, 5) is 0. The van der Waals surface area contributed by atoms with E-state index in [-0.39, 0.29) is 12.5 Å². The van der Waals surface area contributed by atoms with E-state index in [1.165, 1.54) is 0 Å². The average Bonchev–Trinajstić information content (AvgIpc) is 2.44. The Bertz CT molecular complexity index is 549. The minimum atomic E-state index is 0.0514. The molecule has 2 rings (SSSR count). The third kappa shape index (κ3) is 2.02. The topological polar surface area (TPSA) is 38.7 Å². The maximum atomic E-state index is 9.30. The van der Waals surface area contributed by atoms with E-state index >= 15 is 0 Å². The second-order valence-electron chi connectivity index (χ2n) is 4.33. The van der Waals surface area contributed by atoms with Crippen LogP contribution >= 0.6 is 0 Å². The number of hydrogen-bond donors (Lipinski definition) is 1. The average molecular weight is 246 g/mol. The molecule has 1 unspecified atom stereocenters. The van der Waals surface area contributed by atoms with Crippen molar-refractivity contribution in [2.45, 2.75) is 12.8 Å². The van der Waals surface area contributed by atoms with Crippen molar-refractivity contribution in [1.82, 2.24) is 0 Å². The molecule has 18 heavy (non-hydrogen) atoms. The van der Waals surface area contributed by atoms with Crippen molar-refractivity contribution < 1.29 is 14.6 Å². The van der Waals surface area contributed by atoms with Crippen molar-refractivity contribution in [2.24, 2.45) is 0 Å². The van der Waals surface area contributed by atoms with Crippen molar-refractivity contribution in [2.75, 3.05) is 20.8 Å². The number of methoxy groups -OCH3 is 2. The molecular formula is C15H18O3. The van der Waals surface area contributed by atoms with Gasteiger partial charge in [0.2, 0.25) is 0 Å². The molecule has 0 spiro atoms. The highest BCUT2D eigenvalue weighted by atomic mass is 16.5. The molecule has 0 aliphatic rings. The summed E-state index contributed by atoms with van der Waals surface area (Å²) in [6.07, 6.45) is 0. The lowest BCUT2D eigenvalue weighted by Gasteiger charge is -2.16. The quantitative estimate of drug-likeness (QED) is 0.901. The highest BCUT2D eigenvalue weighted by Crippen LogP contribution is 2.37. The minimum Gasteiger partial charge on any atom is -0.496 e. The molecule has 0 aliphatic heterocycles. The zero-order valence-corrected chi connectivity index (χ0v) is 10.9. The number of fused-ring (bicyclic) bond motifs is 1. The molecule has 3 heteroatoms. The van der Waals surface area contributed by atoms with Gasteiger partial charge in [-0.15, -0.1) is 0 Å². The summed E-state index contributed by atoms with van der Waals surface area (Å²) < 4.78 is 10.9. The molecule has 2 aromatic rings. The third-order valence-electron chi connectivity index (χ3n) is 3.23. The number of ether oxygens (including phenoxy) is 2. The van der Waals surface area contributed by atoms with E-state index in [1.54, 1.807) is 14.2 Å². The number of aliphatic hydroxyl groups excluding tert-OH is 1. The summed E-state index contributed by atoms with van der Waals surface area (Å²) >= 11 is 0. The molecule has 2 aromatic carbocycles. The molecule has 0 saturated heterocycles. The van der Waals surface area contributed by atoms with Crippen LogP contribution in [0.1, 0.15) is 18.4 Å². The molecule has 1 atom stereocenters. The Morgan fingerprint density at radius 3 is 2.44 bits per heavy atom. The molecular weight excluding hydrogens is 228 g/mol. The summed E-state index contributed by atoms with van der Waals surface area (Å²) in [6, 6.07) is 9.88. The lowest BCUT2D eigenvalue weighted by molar-refractivity contribution is 0.270. The molecule has 0 amide bonds. The second-order valence-corrected chi connectivity index (χ2v) is 4.33. The van der Waals surface area contributed by atoms with Crippen LogP contribution in [0.15, 0.2) is 30.3 Å². The Labute approximate surface area is 107 Å². The molecule has 96 valence electrons. The van der Waals surface area contributed by atoms with Crippen LogP contribution in [0.4, 0.5) is 0 Å². The molecule has 0 aromatic heterocycles. The van der Waals surface area contributed by atoms with Gasteiger partial charge in [-0.3, -0.25) is 0 Å². The van der Waals surface area contributed by atoms with E-state index in [1.807, 2.05) is 37.3 Å². The van der Waals surface area contributed by atoms with Gasteiger partial charge >= 0.3 is 0 Å². The van der Waals surface area contributed by atoms with Crippen molar-refractivity contribution in [3.8, 4) is 11.5 Å². The van der Waals surface area contributed by atoms with Crippen LogP contribution in [0.2, 0.25) is 0 Å². The Balaban J connectivity index is 2.72.